The number of anilines is 1. The molecule has 0 spiro atoms. The van der Waals surface area contributed by atoms with Crippen molar-refractivity contribution in [2.75, 3.05) is 11.9 Å². The average Bonchev–Trinajstić information content (AvgIpc) is 3.30. The van der Waals surface area contributed by atoms with Crippen molar-refractivity contribution in [1.29, 1.82) is 0 Å². The van der Waals surface area contributed by atoms with Crippen LogP contribution in [0.5, 0.6) is 0 Å². The maximum atomic E-state index is 13.1. The smallest absolute Gasteiger partial charge is 0.313 e. The fraction of sp³-hybridized carbons (Fsp3) is 0.294. The van der Waals surface area contributed by atoms with Gasteiger partial charge in [-0.1, -0.05) is 0 Å². The van der Waals surface area contributed by atoms with E-state index in [0.29, 0.717) is 5.76 Å². The molecule has 1 saturated carbocycles. The maximum Gasteiger partial charge on any atom is 0.313 e. The molecular weight excluding hydrogens is 334 g/mol. The Labute approximate surface area is 141 Å². The molecule has 1 unspecified atom stereocenters. The Kier molecular flexibility index (Phi) is 4.54. The van der Waals surface area contributed by atoms with Gasteiger partial charge in [-0.2, -0.15) is 0 Å². The van der Waals surface area contributed by atoms with Crippen LogP contribution in [0.15, 0.2) is 41.0 Å². The minimum atomic E-state index is -1.39. The quantitative estimate of drug-likeness (QED) is 0.719. The first-order chi connectivity index (χ1) is 11.9. The van der Waals surface area contributed by atoms with Crippen LogP contribution in [0.3, 0.4) is 0 Å². The summed E-state index contributed by atoms with van der Waals surface area (Å²) in [4.78, 5) is 23.8. The number of hydrogen-bond acceptors (Lipinski definition) is 4. The minimum Gasteiger partial charge on any atom is -0.466 e. The molecule has 1 aliphatic carbocycles. The number of amides is 2. The van der Waals surface area contributed by atoms with Gasteiger partial charge >= 0.3 is 11.8 Å². The molecule has 0 saturated heterocycles. The van der Waals surface area contributed by atoms with Gasteiger partial charge in [0.2, 0.25) is 0 Å². The molecule has 1 fully saturated rings. The van der Waals surface area contributed by atoms with Crippen molar-refractivity contribution >= 4 is 17.5 Å². The zero-order valence-electron chi connectivity index (χ0n) is 13.1. The first kappa shape index (κ1) is 17.1. The van der Waals surface area contributed by atoms with E-state index >= 15 is 0 Å². The van der Waals surface area contributed by atoms with Gasteiger partial charge in [-0.25, -0.2) is 8.78 Å². The molecule has 0 radical (unpaired) electrons. The van der Waals surface area contributed by atoms with Crippen LogP contribution in [0, 0.1) is 17.6 Å². The molecule has 132 valence electrons. The van der Waals surface area contributed by atoms with Crippen molar-refractivity contribution in [2.24, 2.45) is 5.92 Å². The van der Waals surface area contributed by atoms with Gasteiger partial charge in [0.25, 0.3) is 0 Å². The largest absolute Gasteiger partial charge is 0.466 e. The van der Waals surface area contributed by atoms with Crippen molar-refractivity contribution in [3.8, 4) is 0 Å². The van der Waals surface area contributed by atoms with Gasteiger partial charge < -0.3 is 20.2 Å². The van der Waals surface area contributed by atoms with Gasteiger partial charge in [0.15, 0.2) is 11.6 Å². The van der Waals surface area contributed by atoms with Gasteiger partial charge in [0, 0.05) is 11.8 Å². The summed E-state index contributed by atoms with van der Waals surface area (Å²) in [6.45, 7) is -0.199. The highest BCUT2D eigenvalue weighted by Crippen LogP contribution is 2.45. The molecule has 1 atom stereocenters. The van der Waals surface area contributed by atoms with Gasteiger partial charge in [0.05, 0.1) is 12.8 Å². The molecule has 0 bridgehead atoms. The van der Waals surface area contributed by atoms with E-state index < -0.39 is 29.0 Å². The van der Waals surface area contributed by atoms with Crippen LogP contribution in [0.25, 0.3) is 0 Å². The number of carbonyl (C=O) groups excluding carboxylic acids is 2. The Morgan fingerprint density at radius 2 is 1.96 bits per heavy atom. The molecule has 2 amide bonds. The van der Waals surface area contributed by atoms with Crippen LogP contribution in [-0.2, 0) is 15.2 Å². The highest BCUT2D eigenvalue weighted by atomic mass is 19.2. The molecule has 1 heterocycles. The topological polar surface area (TPSA) is 91.6 Å². The summed E-state index contributed by atoms with van der Waals surface area (Å²) in [5, 5.41) is 15.3. The lowest BCUT2D eigenvalue weighted by Crippen LogP contribution is -2.45. The van der Waals surface area contributed by atoms with E-state index in [4.69, 9.17) is 4.42 Å². The third kappa shape index (κ3) is 3.69. The number of rotatable bonds is 5. The van der Waals surface area contributed by atoms with Crippen LogP contribution in [0.2, 0.25) is 0 Å². The molecular formula is C17H16F2N2O4. The lowest BCUT2D eigenvalue weighted by Gasteiger charge is -2.26. The molecule has 3 rings (SSSR count). The predicted molar refractivity (Wildman–Crippen MR) is 83.3 cm³/mol. The second-order valence-electron chi connectivity index (χ2n) is 5.94. The predicted octanol–water partition coefficient (Wildman–Crippen LogP) is 1.91. The number of halogens is 2. The molecule has 6 nitrogen and oxygen atoms in total. The Bertz CT molecular complexity index is 790. The summed E-state index contributed by atoms with van der Waals surface area (Å²) in [5.74, 6) is -4.00. The van der Waals surface area contributed by atoms with E-state index in [1.54, 1.807) is 12.1 Å². The normalized spacial score (nSPS) is 16.1. The van der Waals surface area contributed by atoms with Crippen molar-refractivity contribution in [3.05, 3.63) is 54.0 Å². The van der Waals surface area contributed by atoms with Crippen molar-refractivity contribution < 1.29 is 27.9 Å². The van der Waals surface area contributed by atoms with E-state index in [-0.39, 0.29) is 18.2 Å². The monoisotopic (exact) mass is 350 g/mol. The van der Waals surface area contributed by atoms with Crippen molar-refractivity contribution in [3.63, 3.8) is 0 Å². The van der Waals surface area contributed by atoms with Crippen molar-refractivity contribution in [2.45, 2.75) is 18.4 Å². The number of benzene rings is 1. The number of aliphatic hydroxyl groups is 1. The number of nitrogens with one attached hydrogen (secondary N) is 2. The van der Waals surface area contributed by atoms with Crippen LogP contribution < -0.4 is 10.6 Å². The van der Waals surface area contributed by atoms with E-state index in [1.807, 2.05) is 0 Å². The summed E-state index contributed by atoms with van der Waals surface area (Å²) in [7, 11) is 0. The fourth-order valence-electron chi connectivity index (χ4n) is 2.58. The maximum absolute atomic E-state index is 13.1. The Balaban J connectivity index is 1.61. The third-order valence-electron chi connectivity index (χ3n) is 4.10. The molecule has 0 aliphatic heterocycles. The van der Waals surface area contributed by atoms with E-state index in [9.17, 15) is 23.5 Å². The Morgan fingerprint density at radius 3 is 2.56 bits per heavy atom. The van der Waals surface area contributed by atoms with Crippen LogP contribution in [0.4, 0.5) is 14.5 Å². The van der Waals surface area contributed by atoms with E-state index in [0.717, 1.165) is 31.0 Å². The molecule has 2 aromatic rings. The average molecular weight is 350 g/mol. The summed E-state index contributed by atoms with van der Waals surface area (Å²) >= 11 is 0. The summed E-state index contributed by atoms with van der Waals surface area (Å²) in [5.41, 5.74) is -1.44. The number of carbonyl (C=O) groups is 2. The highest BCUT2D eigenvalue weighted by molar-refractivity contribution is 6.39. The van der Waals surface area contributed by atoms with Crippen molar-refractivity contribution in [1.82, 2.24) is 5.32 Å². The fourth-order valence-corrected chi connectivity index (χ4v) is 2.58. The van der Waals surface area contributed by atoms with E-state index in [2.05, 4.69) is 10.6 Å². The van der Waals surface area contributed by atoms with Crippen LogP contribution in [0.1, 0.15) is 18.6 Å². The molecule has 1 aromatic carbocycles. The van der Waals surface area contributed by atoms with Gasteiger partial charge in [-0.05, 0) is 43.0 Å². The SMILES string of the molecule is O=C(NCC(O)(c1ccco1)C1CC1)C(=O)Nc1ccc(F)c(F)c1. The van der Waals surface area contributed by atoms with Crippen LogP contribution >= 0.6 is 0 Å². The van der Waals surface area contributed by atoms with Gasteiger partial charge in [0.1, 0.15) is 11.4 Å². The summed E-state index contributed by atoms with van der Waals surface area (Å²) < 4.78 is 31.2. The summed E-state index contributed by atoms with van der Waals surface area (Å²) in [6.07, 6.45) is 2.99. The van der Waals surface area contributed by atoms with Gasteiger partial charge in [-0.15, -0.1) is 0 Å². The zero-order valence-corrected chi connectivity index (χ0v) is 13.1. The lowest BCUT2D eigenvalue weighted by atomic mass is 9.94. The van der Waals surface area contributed by atoms with E-state index in [1.165, 1.54) is 6.26 Å². The molecule has 8 heteroatoms. The Morgan fingerprint density at radius 1 is 1.20 bits per heavy atom. The second-order valence-corrected chi connectivity index (χ2v) is 5.94. The number of hydrogen-bond donors (Lipinski definition) is 3. The highest BCUT2D eigenvalue weighted by Gasteiger charge is 2.47. The lowest BCUT2D eigenvalue weighted by molar-refractivity contribution is -0.137. The molecule has 1 aromatic heterocycles. The second kappa shape index (κ2) is 6.64. The first-order valence-corrected chi connectivity index (χ1v) is 7.71. The third-order valence-corrected chi connectivity index (χ3v) is 4.10. The summed E-state index contributed by atoms with van der Waals surface area (Å²) in [6, 6.07) is 5.97. The molecule has 1 aliphatic rings. The first-order valence-electron chi connectivity index (χ1n) is 7.71. The zero-order chi connectivity index (χ0) is 18.0. The van der Waals surface area contributed by atoms with Gasteiger partial charge in [-0.3, -0.25) is 9.59 Å². The Hall–Kier alpha value is -2.74. The number of furan rings is 1. The molecule has 3 N–H and O–H groups in total. The molecule has 25 heavy (non-hydrogen) atoms. The van der Waals surface area contributed by atoms with Crippen LogP contribution in [-0.4, -0.2) is 23.5 Å². The minimum absolute atomic E-state index is 0.0532. The standard InChI is InChI=1S/C17H16F2N2O4/c18-12-6-5-11(8-13(12)19)21-16(23)15(22)20-9-17(24,10-3-4-10)14-2-1-7-25-14/h1-2,5-8,10,24H,3-4,9H2,(H,20,22)(H,21,23).